The largest absolute Gasteiger partial charge is 0.496 e. The molecule has 0 aliphatic heterocycles. The van der Waals surface area contributed by atoms with Crippen molar-refractivity contribution in [1.82, 2.24) is 3.96 Å². The van der Waals surface area contributed by atoms with Crippen LogP contribution >= 0.6 is 23.1 Å². The molecule has 0 radical (unpaired) electrons. The number of aryl methyl sites for hydroxylation is 1. The molecule has 1 aliphatic rings. The number of methoxy groups -OCH3 is 1. The van der Waals surface area contributed by atoms with Crippen LogP contribution in [0.5, 0.6) is 5.75 Å². The molecule has 1 aromatic heterocycles. The van der Waals surface area contributed by atoms with E-state index in [0.717, 1.165) is 29.5 Å². The van der Waals surface area contributed by atoms with Crippen LogP contribution in [0.15, 0.2) is 29.4 Å². The average Bonchev–Trinajstić information content (AvgIpc) is 2.93. The fraction of sp³-hybridized carbons (Fsp3) is 0.474. The van der Waals surface area contributed by atoms with E-state index in [1.54, 1.807) is 36.8 Å². The number of carbonyl (C=O) groups excluding carboxylic acids is 1. The van der Waals surface area contributed by atoms with E-state index in [1.165, 1.54) is 19.3 Å². The second-order valence-electron chi connectivity index (χ2n) is 6.36. The molecule has 1 aliphatic carbocycles. The molecular formula is C19H23ClN2O2S. The molecular weight excluding hydrogens is 356 g/mol. The number of halogens is 1. The average molecular weight is 379 g/mol. The molecule has 0 N–H and O–H groups in total. The van der Waals surface area contributed by atoms with Crippen LogP contribution in [-0.4, -0.2) is 17.0 Å². The Morgan fingerprint density at radius 3 is 2.88 bits per heavy atom. The van der Waals surface area contributed by atoms with Crippen LogP contribution in [0.4, 0.5) is 0 Å². The minimum Gasteiger partial charge on any atom is -0.496 e. The first-order valence-corrected chi connectivity index (χ1v) is 9.91. The van der Waals surface area contributed by atoms with Crippen molar-refractivity contribution < 1.29 is 9.53 Å². The Morgan fingerprint density at radius 2 is 2.24 bits per heavy atom. The smallest absolute Gasteiger partial charge is 0.282 e. The number of aromatic nitrogens is 1. The predicted octanol–water partition coefficient (Wildman–Crippen LogP) is 5.02. The summed E-state index contributed by atoms with van der Waals surface area (Å²) in [4.78, 5) is 17.1. The Balaban J connectivity index is 1.97. The topological polar surface area (TPSA) is 43.6 Å². The quantitative estimate of drug-likeness (QED) is 0.708. The molecule has 1 aromatic carbocycles. The number of nitrogens with zero attached hydrogens (tertiary/aromatic N) is 2. The first-order valence-electron chi connectivity index (χ1n) is 8.76. The van der Waals surface area contributed by atoms with Gasteiger partial charge in [0.15, 0.2) is 0 Å². The Kier molecular flexibility index (Phi) is 5.97. The second-order valence-corrected chi connectivity index (χ2v) is 7.79. The monoisotopic (exact) mass is 378 g/mol. The zero-order valence-electron chi connectivity index (χ0n) is 14.6. The number of ether oxygens (including phenoxy) is 1. The van der Waals surface area contributed by atoms with Crippen LogP contribution in [0, 0.1) is 0 Å². The van der Waals surface area contributed by atoms with E-state index in [9.17, 15) is 4.79 Å². The van der Waals surface area contributed by atoms with E-state index in [1.807, 2.05) is 0 Å². The van der Waals surface area contributed by atoms with Crippen LogP contribution in [0.1, 0.15) is 61.0 Å². The molecule has 4 nitrogen and oxygen atoms in total. The summed E-state index contributed by atoms with van der Waals surface area (Å²) in [5.41, 5.74) is 1.56. The van der Waals surface area contributed by atoms with Crippen molar-refractivity contribution in [1.29, 1.82) is 0 Å². The minimum atomic E-state index is -0.306. The van der Waals surface area contributed by atoms with Gasteiger partial charge in [-0.3, -0.25) is 4.79 Å². The molecule has 0 saturated heterocycles. The number of carbonyl (C=O) groups is 1. The minimum absolute atomic E-state index is 0.306. The summed E-state index contributed by atoms with van der Waals surface area (Å²) in [6.07, 6.45) is 9.07. The summed E-state index contributed by atoms with van der Waals surface area (Å²) in [5.74, 6) is 0.191. The number of hydrogen-bond acceptors (Lipinski definition) is 3. The third kappa shape index (κ3) is 4.15. The Hall–Kier alpha value is -1.59. The third-order valence-corrected chi connectivity index (χ3v) is 5.95. The molecule has 2 aromatic rings. The number of hydrogen-bond donors (Lipinski definition) is 0. The molecule has 3 rings (SSSR count). The molecule has 0 unspecified atom stereocenters. The molecule has 25 heavy (non-hydrogen) atoms. The molecule has 134 valence electrons. The molecule has 1 amide bonds. The Labute approximate surface area is 157 Å². The highest BCUT2D eigenvalue weighted by Crippen LogP contribution is 2.32. The summed E-state index contributed by atoms with van der Waals surface area (Å²) in [6, 6.07) is 5.60. The van der Waals surface area contributed by atoms with Crippen molar-refractivity contribution in [3.63, 3.8) is 0 Å². The Bertz CT molecular complexity index is 821. The van der Waals surface area contributed by atoms with E-state index >= 15 is 0 Å². The second kappa shape index (κ2) is 8.19. The van der Waals surface area contributed by atoms with Crippen molar-refractivity contribution in [3.8, 4) is 5.75 Å². The van der Waals surface area contributed by atoms with Gasteiger partial charge in [-0.25, -0.2) is 0 Å². The summed E-state index contributed by atoms with van der Waals surface area (Å²) >= 11 is 7.63. The number of amides is 1. The molecule has 0 bridgehead atoms. The van der Waals surface area contributed by atoms with Gasteiger partial charge in [-0.15, -0.1) is 0 Å². The van der Waals surface area contributed by atoms with Gasteiger partial charge >= 0.3 is 0 Å². The molecule has 6 heteroatoms. The number of benzene rings is 1. The summed E-state index contributed by atoms with van der Waals surface area (Å²) in [7, 11) is 1.54. The molecule has 0 atom stereocenters. The van der Waals surface area contributed by atoms with E-state index in [4.69, 9.17) is 16.3 Å². The molecule has 1 fully saturated rings. The third-order valence-electron chi connectivity index (χ3n) is 4.58. The van der Waals surface area contributed by atoms with Crippen LogP contribution in [-0.2, 0) is 6.42 Å². The van der Waals surface area contributed by atoms with E-state index in [-0.39, 0.29) is 5.91 Å². The summed E-state index contributed by atoms with van der Waals surface area (Å²) in [5, 5.41) is 0.501. The van der Waals surface area contributed by atoms with Gasteiger partial charge in [0.2, 0.25) is 0 Å². The summed E-state index contributed by atoms with van der Waals surface area (Å²) in [6.45, 7) is 2.17. The van der Waals surface area contributed by atoms with Crippen LogP contribution in [0.25, 0.3) is 0 Å². The lowest BCUT2D eigenvalue weighted by atomic mass is 9.94. The Morgan fingerprint density at radius 1 is 1.44 bits per heavy atom. The van der Waals surface area contributed by atoms with Gasteiger partial charge < -0.3 is 8.69 Å². The highest BCUT2D eigenvalue weighted by molar-refractivity contribution is 7.04. The van der Waals surface area contributed by atoms with Gasteiger partial charge in [0.05, 0.1) is 12.7 Å². The van der Waals surface area contributed by atoms with Gasteiger partial charge in [0, 0.05) is 22.8 Å². The highest BCUT2D eigenvalue weighted by atomic mass is 35.5. The van der Waals surface area contributed by atoms with Gasteiger partial charge in [0.1, 0.15) is 10.4 Å². The zero-order valence-corrected chi connectivity index (χ0v) is 16.2. The van der Waals surface area contributed by atoms with Crippen LogP contribution in [0.3, 0.4) is 0 Å². The molecule has 0 spiro atoms. The van der Waals surface area contributed by atoms with E-state index in [0.29, 0.717) is 22.4 Å². The molecule has 1 heterocycles. The maximum Gasteiger partial charge on any atom is 0.282 e. The lowest BCUT2D eigenvalue weighted by Crippen LogP contribution is -2.14. The number of rotatable bonds is 6. The summed E-state index contributed by atoms with van der Waals surface area (Å²) < 4.78 is 8.37. The first-order chi connectivity index (χ1) is 12.1. The van der Waals surface area contributed by atoms with Crippen molar-refractivity contribution in [2.24, 2.45) is 4.99 Å². The fourth-order valence-electron chi connectivity index (χ4n) is 2.85. The molecule has 1 saturated carbocycles. The van der Waals surface area contributed by atoms with Crippen LogP contribution in [0.2, 0.25) is 5.02 Å². The number of unbranched alkanes of at least 4 members (excludes halogenated alkanes) is 1. The van der Waals surface area contributed by atoms with E-state index < -0.39 is 0 Å². The lowest BCUT2D eigenvalue weighted by Gasteiger charge is -2.25. The SMILES string of the molecule is CCCCc1cn(C2CCC2)s/c1=N\C(=O)c1cc(Cl)ccc1OC. The predicted molar refractivity (Wildman–Crippen MR) is 102 cm³/mol. The normalized spacial score (nSPS) is 15.2. The van der Waals surface area contributed by atoms with E-state index in [2.05, 4.69) is 22.1 Å². The van der Waals surface area contributed by atoms with Gasteiger partial charge in [0.25, 0.3) is 5.91 Å². The van der Waals surface area contributed by atoms with Gasteiger partial charge in [-0.1, -0.05) is 24.9 Å². The van der Waals surface area contributed by atoms with Crippen molar-refractivity contribution in [3.05, 3.63) is 45.2 Å². The van der Waals surface area contributed by atoms with Crippen molar-refractivity contribution >= 4 is 29.0 Å². The highest BCUT2D eigenvalue weighted by Gasteiger charge is 2.21. The maximum atomic E-state index is 12.7. The van der Waals surface area contributed by atoms with Crippen LogP contribution < -0.4 is 9.41 Å². The van der Waals surface area contributed by atoms with Crippen molar-refractivity contribution in [2.45, 2.75) is 51.5 Å². The standard InChI is InChI=1S/C19H23ClN2O2S/c1-3-4-6-13-12-22(15-7-5-8-15)25-19(13)21-18(23)16-11-14(20)9-10-17(16)24-2/h9-12,15H,3-8H2,1-2H3/b21-19-. The zero-order chi connectivity index (χ0) is 17.8. The first kappa shape index (κ1) is 18.2. The van der Waals surface area contributed by atoms with Crippen molar-refractivity contribution in [2.75, 3.05) is 7.11 Å². The lowest BCUT2D eigenvalue weighted by molar-refractivity contribution is 0.0996. The van der Waals surface area contributed by atoms with Gasteiger partial charge in [-0.2, -0.15) is 4.99 Å². The fourth-order valence-corrected chi connectivity index (χ4v) is 4.15. The maximum absolute atomic E-state index is 12.7. The van der Waals surface area contributed by atoms with Gasteiger partial charge in [-0.05, 0) is 61.8 Å².